The predicted octanol–water partition coefficient (Wildman–Crippen LogP) is 0.159. The highest BCUT2D eigenvalue weighted by molar-refractivity contribution is 5.16. The van der Waals surface area contributed by atoms with Gasteiger partial charge in [-0.25, -0.2) is 0 Å². The van der Waals surface area contributed by atoms with E-state index in [0.29, 0.717) is 13.0 Å². The number of hydrogen-bond donors (Lipinski definition) is 1. The molecule has 5 heteroatoms. The number of hydrogen-bond acceptors (Lipinski definition) is 4. The summed E-state index contributed by atoms with van der Waals surface area (Å²) in [4.78, 5) is 0. The molecule has 1 atom stereocenters. The van der Waals surface area contributed by atoms with Crippen molar-refractivity contribution in [3.8, 4) is 5.95 Å². The molecule has 16 heavy (non-hydrogen) atoms. The van der Waals surface area contributed by atoms with Crippen LogP contribution < -0.4 is 9.79 Å². The van der Waals surface area contributed by atoms with Crippen LogP contribution >= 0.6 is 0 Å². The fourth-order valence-electron chi connectivity index (χ4n) is 1.46. The lowest BCUT2D eigenvalue weighted by molar-refractivity contribution is -0.763. The number of rotatable bonds is 4. The second-order valence-electron chi connectivity index (χ2n) is 3.50. The van der Waals surface area contributed by atoms with E-state index in [1.54, 1.807) is 0 Å². The molecule has 1 N–H and O–H groups in total. The Hall–Kier alpha value is -1.88. The standard InChI is InChI=1S/C11H12N2O3/c14-10(9-4-2-1-3-5-9)6-7-13-8-11(15)16-12-13/h1-5,8,10,14H,6-7H2. The van der Waals surface area contributed by atoms with Crippen LogP contribution in [0.2, 0.25) is 0 Å². The zero-order valence-corrected chi connectivity index (χ0v) is 8.61. The maximum absolute atomic E-state index is 10.7. The lowest BCUT2D eigenvalue weighted by Crippen LogP contribution is -2.35. The molecule has 2 rings (SSSR count). The Labute approximate surface area is 92.5 Å². The second-order valence-corrected chi connectivity index (χ2v) is 3.50. The Bertz CT molecular complexity index is 442. The lowest BCUT2D eigenvalue weighted by Gasteiger charge is -2.07. The van der Waals surface area contributed by atoms with E-state index in [1.165, 1.54) is 10.9 Å². The molecule has 0 fully saturated rings. The maximum Gasteiger partial charge on any atom is 0.221 e. The minimum Gasteiger partial charge on any atom is -0.539 e. The number of aryl methyl sites for hydroxylation is 1. The Morgan fingerprint density at radius 2 is 2.12 bits per heavy atom. The molecule has 0 amide bonds. The summed E-state index contributed by atoms with van der Waals surface area (Å²) < 4.78 is 5.76. The van der Waals surface area contributed by atoms with Crippen LogP contribution in [-0.4, -0.2) is 10.4 Å². The lowest BCUT2D eigenvalue weighted by atomic mass is 10.1. The van der Waals surface area contributed by atoms with E-state index in [0.717, 1.165) is 5.56 Å². The van der Waals surface area contributed by atoms with Crippen molar-refractivity contribution in [2.45, 2.75) is 19.1 Å². The zero-order valence-electron chi connectivity index (χ0n) is 8.61. The molecule has 84 valence electrons. The average Bonchev–Trinajstić information content (AvgIpc) is 2.73. The summed E-state index contributed by atoms with van der Waals surface area (Å²) in [5.41, 5.74) is 0.856. The van der Waals surface area contributed by atoms with E-state index in [-0.39, 0.29) is 0 Å². The van der Waals surface area contributed by atoms with Crippen LogP contribution in [0.4, 0.5) is 0 Å². The molecule has 0 aliphatic carbocycles. The first kappa shape index (κ1) is 10.6. The van der Waals surface area contributed by atoms with Crippen molar-refractivity contribution in [2.75, 3.05) is 0 Å². The van der Waals surface area contributed by atoms with Gasteiger partial charge in [-0.2, -0.15) is 0 Å². The minimum atomic E-state index is -0.555. The van der Waals surface area contributed by atoms with E-state index in [9.17, 15) is 10.2 Å². The number of aromatic nitrogens is 2. The third kappa shape index (κ3) is 2.58. The van der Waals surface area contributed by atoms with Crippen LogP contribution in [0.5, 0.6) is 5.95 Å². The topological polar surface area (TPSA) is 73.2 Å². The smallest absolute Gasteiger partial charge is 0.221 e. The van der Waals surface area contributed by atoms with Gasteiger partial charge in [0.15, 0.2) is 6.54 Å². The van der Waals surface area contributed by atoms with Crippen LogP contribution in [0, 0.1) is 0 Å². The normalized spacial score (nSPS) is 12.6. The highest BCUT2D eigenvalue weighted by Crippen LogP contribution is 2.15. The van der Waals surface area contributed by atoms with Crippen molar-refractivity contribution >= 4 is 0 Å². The molecular weight excluding hydrogens is 208 g/mol. The SMILES string of the molecule is [O-]c1c[n+](CCC(O)c2ccccc2)no1. The van der Waals surface area contributed by atoms with Gasteiger partial charge in [0, 0.05) is 6.42 Å². The highest BCUT2D eigenvalue weighted by atomic mass is 16.6. The molecule has 1 heterocycles. The second kappa shape index (κ2) is 4.76. The van der Waals surface area contributed by atoms with Gasteiger partial charge >= 0.3 is 0 Å². The van der Waals surface area contributed by atoms with E-state index in [2.05, 4.69) is 9.79 Å². The van der Waals surface area contributed by atoms with Crippen molar-refractivity contribution < 1.29 is 19.4 Å². The fraction of sp³-hybridized carbons (Fsp3) is 0.273. The van der Waals surface area contributed by atoms with Crippen LogP contribution in [0.3, 0.4) is 0 Å². The zero-order chi connectivity index (χ0) is 11.4. The Balaban J connectivity index is 1.91. The highest BCUT2D eigenvalue weighted by Gasteiger charge is 2.11. The Morgan fingerprint density at radius 1 is 1.38 bits per heavy atom. The molecule has 0 aliphatic heterocycles. The molecule has 2 aromatic rings. The molecule has 5 nitrogen and oxygen atoms in total. The number of benzene rings is 1. The minimum absolute atomic E-state index is 0.446. The Kier molecular flexibility index (Phi) is 3.16. The quantitative estimate of drug-likeness (QED) is 0.745. The van der Waals surface area contributed by atoms with Gasteiger partial charge in [-0.15, -0.1) is 0 Å². The first-order valence-corrected chi connectivity index (χ1v) is 5.02. The van der Waals surface area contributed by atoms with E-state index >= 15 is 0 Å². The van der Waals surface area contributed by atoms with E-state index in [4.69, 9.17) is 0 Å². The van der Waals surface area contributed by atoms with Crippen molar-refractivity contribution in [1.82, 2.24) is 5.27 Å². The van der Waals surface area contributed by atoms with Crippen molar-refractivity contribution in [1.29, 1.82) is 0 Å². The van der Waals surface area contributed by atoms with Crippen LogP contribution in [0.1, 0.15) is 18.1 Å². The molecule has 0 spiro atoms. The number of nitrogens with zero attached hydrogens (tertiary/aromatic N) is 2. The molecule has 1 aromatic carbocycles. The summed E-state index contributed by atoms with van der Waals surface area (Å²) in [6, 6.07) is 9.36. The molecule has 1 unspecified atom stereocenters. The predicted molar refractivity (Wildman–Crippen MR) is 52.2 cm³/mol. The first-order chi connectivity index (χ1) is 7.75. The van der Waals surface area contributed by atoms with Gasteiger partial charge in [0.25, 0.3) is 0 Å². The summed E-state index contributed by atoms with van der Waals surface area (Å²) in [5.74, 6) is -0.478. The van der Waals surface area contributed by atoms with Crippen molar-refractivity contribution in [3.63, 3.8) is 0 Å². The molecule has 0 bridgehead atoms. The third-order valence-corrected chi connectivity index (χ3v) is 2.31. The summed E-state index contributed by atoms with van der Waals surface area (Å²) in [7, 11) is 0. The summed E-state index contributed by atoms with van der Waals surface area (Å²) in [6.45, 7) is 0.446. The molecular formula is C11H12N2O3. The van der Waals surface area contributed by atoms with Gasteiger partial charge in [0.05, 0.1) is 11.4 Å². The van der Waals surface area contributed by atoms with Gasteiger partial charge in [0.1, 0.15) is 5.95 Å². The first-order valence-electron chi connectivity index (χ1n) is 5.02. The van der Waals surface area contributed by atoms with Gasteiger partial charge in [-0.1, -0.05) is 35.0 Å². The van der Waals surface area contributed by atoms with Crippen molar-refractivity contribution in [2.24, 2.45) is 0 Å². The molecule has 0 saturated carbocycles. The maximum atomic E-state index is 10.7. The average molecular weight is 220 g/mol. The molecule has 1 aromatic heterocycles. The number of aliphatic hydroxyl groups is 1. The van der Waals surface area contributed by atoms with Crippen LogP contribution in [0.15, 0.2) is 41.1 Å². The molecule has 0 radical (unpaired) electrons. The van der Waals surface area contributed by atoms with Crippen molar-refractivity contribution in [3.05, 3.63) is 42.1 Å². The van der Waals surface area contributed by atoms with Gasteiger partial charge in [-0.3, -0.25) is 0 Å². The fourth-order valence-corrected chi connectivity index (χ4v) is 1.46. The molecule has 0 aliphatic rings. The van der Waals surface area contributed by atoms with Gasteiger partial charge < -0.3 is 14.7 Å². The van der Waals surface area contributed by atoms with Gasteiger partial charge in [-0.05, 0) is 5.56 Å². The Morgan fingerprint density at radius 3 is 2.75 bits per heavy atom. The monoisotopic (exact) mass is 220 g/mol. The summed E-state index contributed by atoms with van der Waals surface area (Å²) in [6.07, 6.45) is 1.19. The molecule has 0 saturated heterocycles. The number of aliphatic hydroxyl groups excluding tert-OH is 1. The van der Waals surface area contributed by atoms with Gasteiger partial charge in [0.2, 0.25) is 6.20 Å². The summed E-state index contributed by atoms with van der Waals surface area (Å²) in [5, 5.41) is 24.0. The largest absolute Gasteiger partial charge is 0.539 e. The third-order valence-electron chi connectivity index (χ3n) is 2.31. The summed E-state index contributed by atoms with van der Waals surface area (Å²) >= 11 is 0. The van der Waals surface area contributed by atoms with Crippen LogP contribution in [0.25, 0.3) is 0 Å². The van der Waals surface area contributed by atoms with Crippen LogP contribution in [-0.2, 0) is 6.54 Å². The van der Waals surface area contributed by atoms with E-state index in [1.807, 2.05) is 30.3 Å². The van der Waals surface area contributed by atoms with E-state index < -0.39 is 12.1 Å².